The number of rotatable bonds is 8. The Kier molecular flexibility index (Phi) is 7.63. The van der Waals surface area contributed by atoms with Crippen LogP contribution in [0.2, 0.25) is 10.0 Å². The molecule has 102 valence electrons. The summed E-state index contributed by atoms with van der Waals surface area (Å²) in [5.74, 6) is 0. The predicted molar refractivity (Wildman–Crippen MR) is 77.2 cm³/mol. The fraction of sp³-hybridized carbons (Fsp3) is 0.538. The van der Waals surface area contributed by atoms with E-state index in [1.54, 1.807) is 6.07 Å². The van der Waals surface area contributed by atoms with Crippen molar-refractivity contribution in [1.29, 1.82) is 0 Å². The van der Waals surface area contributed by atoms with Gasteiger partial charge in [0, 0.05) is 19.2 Å². The van der Waals surface area contributed by atoms with E-state index < -0.39 is 0 Å². The second-order valence-electron chi connectivity index (χ2n) is 4.17. The average molecular weight is 291 g/mol. The number of benzene rings is 1. The van der Waals surface area contributed by atoms with Crippen LogP contribution < -0.4 is 11.1 Å². The molecular formula is C13H20Cl2N2O. The van der Waals surface area contributed by atoms with Gasteiger partial charge >= 0.3 is 0 Å². The smallest absolute Gasteiger partial charge is 0.0640 e. The van der Waals surface area contributed by atoms with Gasteiger partial charge in [0.25, 0.3) is 0 Å². The number of nitrogens with one attached hydrogen (secondary N) is 1. The molecule has 3 nitrogen and oxygen atoms in total. The van der Waals surface area contributed by atoms with Crippen molar-refractivity contribution in [3.05, 3.63) is 33.8 Å². The quantitative estimate of drug-likeness (QED) is 0.645. The van der Waals surface area contributed by atoms with Crippen molar-refractivity contribution in [1.82, 2.24) is 5.32 Å². The lowest BCUT2D eigenvalue weighted by Crippen LogP contribution is -2.29. The van der Waals surface area contributed by atoms with Crippen LogP contribution in [0.3, 0.4) is 0 Å². The SMILES string of the molecule is NCC(NCCCCCO)c1cccc(Cl)c1Cl. The molecule has 0 fully saturated rings. The zero-order chi connectivity index (χ0) is 13.4. The Hall–Kier alpha value is -0.320. The first-order chi connectivity index (χ1) is 8.70. The maximum Gasteiger partial charge on any atom is 0.0640 e. The number of aliphatic hydroxyl groups is 1. The van der Waals surface area contributed by atoms with E-state index in [2.05, 4.69) is 5.32 Å². The molecule has 1 unspecified atom stereocenters. The molecule has 1 rings (SSSR count). The zero-order valence-electron chi connectivity index (χ0n) is 10.3. The minimum Gasteiger partial charge on any atom is -0.396 e. The van der Waals surface area contributed by atoms with Gasteiger partial charge < -0.3 is 16.2 Å². The molecule has 0 aliphatic heterocycles. The largest absolute Gasteiger partial charge is 0.396 e. The average Bonchev–Trinajstić information content (AvgIpc) is 2.38. The summed E-state index contributed by atoms with van der Waals surface area (Å²) in [6, 6.07) is 5.60. The van der Waals surface area contributed by atoms with Gasteiger partial charge in [-0.25, -0.2) is 0 Å². The molecule has 0 aliphatic carbocycles. The molecule has 1 atom stereocenters. The summed E-state index contributed by atoms with van der Waals surface area (Å²) in [5, 5.41) is 13.2. The first kappa shape index (κ1) is 15.7. The Balaban J connectivity index is 2.52. The molecule has 18 heavy (non-hydrogen) atoms. The van der Waals surface area contributed by atoms with Crippen LogP contribution in [0.5, 0.6) is 0 Å². The van der Waals surface area contributed by atoms with Crippen molar-refractivity contribution in [3.63, 3.8) is 0 Å². The minimum atomic E-state index is 0.0188. The molecule has 0 saturated heterocycles. The Morgan fingerprint density at radius 3 is 2.67 bits per heavy atom. The van der Waals surface area contributed by atoms with Crippen LogP contribution in [0.25, 0.3) is 0 Å². The Morgan fingerprint density at radius 1 is 1.22 bits per heavy atom. The van der Waals surface area contributed by atoms with E-state index in [0.717, 1.165) is 31.4 Å². The monoisotopic (exact) mass is 290 g/mol. The zero-order valence-corrected chi connectivity index (χ0v) is 11.8. The van der Waals surface area contributed by atoms with E-state index >= 15 is 0 Å². The van der Waals surface area contributed by atoms with Gasteiger partial charge in [0.05, 0.1) is 10.0 Å². The van der Waals surface area contributed by atoms with E-state index in [9.17, 15) is 0 Å². The topological polar surface area (TPSA) is 58.3 Å². The molecule has 0 spiro atoms. The fourth-order valence-electron chi connectivity index (χ4n) is 1.80. The lowest BCUT2D eigenvalue weighted by Gasteiger charge is -2.19. The third kappa shape index (κ3) is 4.75. The maximum absolute atomic E-state index is 8.69. The fourth-order valence-corrected chi connectivity index (χ4v) is 2.24. The summed E-state index contributed by atoms with van der Waals surface area (Å²) in [6.07, 6.45) is 2.85. The van der Waals surface area contributed by atoms with Crippen molar-refractivity contribution in [2.45, 2.75) is 25.3 Å². The number of unbranched alkanes of at least 4 members (excludes halogenated alkanes) is 2. The summed E-state index contributed by atoms with van der Waals surface area (Å²) in [5.41, 5.74) is 6.70. The van der Waals surface area contributed by atoms with Gasteiger partial charge in [-0.05, 0) is 37.4 Å². The Labute approximate surface area is 118 Å². The van der Waals surface area contributed by atoms with Crippen LogP contribution in [0.1, 0.15) is 30.9 Å². The molecule has 0 bridgehead atoms. The summed E-state index contributed by atoms with van der Waals surface area (Å²) in [4.78, 5) is 0. The van der Waals surface area contributed by atoms with Crippen LogP contribution >= 0.6 is 23.2 Å². The van der Waals surface area contributed by atoms with Crippen LogP contribution in [0.15, 0.2) is 18.2 Å². The summed E-state index contributed by atoms with van der Waals surface area (Å²) >= 11 is 12.2. The minimum absolute atomic E-state index is 0.0188. The van der Waals surface area contributed by atoms with Crippen molar-refractivity contribution < 1.29 is 5.11 Å². The van der Waals surface area contributed by atoms with Gasteiger partial charge in [0.15, 0.2) is 0 Å². The first-order valence-electron chi connectivity index (χ1n) is 6.19. The van der Waals surface area contributed by atoms with E-state index in [-0.39, 0.29) is 12.6 Å². The van der Waals surface area contributed by atoms with Crippen molar-refractivity contribution in [3.8, 4) is 0 Å². The number of hydrogen-bond acceptors (Lipinski definition) is 3. The van der Waals surface area contributed by atoms with Gasteiger partial charge in [0.2, 0.25) is 0 Å². The molecule has 4 N–H and O–H groups in total. The van der Waals surface area contributed by atoms with Gasteiger partial charge in [0.1, 0.15) is 0 Å². The highest BCUT2D eigenvalue weighted by Gasteiger charge is 2.13. The van der Waals surface area contributed by atoms with Crippen molar-refractivity contribution in [2.75, 3.05) is 19.7 Å². The lowest BCUT2D eigenvalue weighted by atomic mass is 10.1. The van der Waals surface area contributed by atoms with Crippen LogP contribution in [-0.4, -0.2) is 24.8 Å². The Bertz CT molecular complexity index is 361. The predicted octanol–water partition coefficient (Wildman–Crippen LogP) is 2.75. The normalized spacial score (nSPS) is 12.7. The van der Waals surface area contributed by atoms with E-state index in [0.29, 0.717) is 16.6 Å². The highest BCUT2D eigenvalue weighted by molar-refractivity contribution is 6.42. The molecule has 0 aromatic heterocycles. The van der Waals surface area contributed by atoms with Gasteiger partial charge in [-0.15, -0.1) is 0 Å². The molecule has 0 aliphatic rings. The van der Waals surface area contributed by atoms with E-state index in [1.165, 1.54) is 0 Å². The molecule has 1 aromatic carbocycles. The van der Waals surface area contributed by atoms with Gasteiger partial charge in [-0.1, -0.05) is 35.3 Å². The molecular weight excluding hydrogens is 271 g/mol. The molecule has 0 heterocycles. The lowest BCUT2D eigenvalue weighted by molar-refractivity contribution is 0.282. The number of aliphatic hydroxyl groups excluding tert-OH is 1. The first-order valence-corrected chi connectivity index (χ1v) is 6.94. The summed E-state index contributed by atoms with van der Waals surface area (Å²) in [7, 11) is 0. The van der Waals surface area contributed by atoms with Gasteiger partial charge in [-0.2, -0.15) is 0 Å². The van der Waals surface area contributed by atoms with Crippen molar-refractivity contribution in [2.24, 2.45) is 5.73 Å². The van der Waals surface area contributed by atoms with E-state index in [4.69, 9.17) is 34.0 Å². The van der Waals surface area contributed by atoms with E-state index in [1.807, 2.05) is 12.1 Å². The third-order valence-corrected chi connectivity index (χ3v) is 3.65. The molecule has 1 aromatic rings. The van der Waals surface area contributed by atoms with Crippen LogP contribution in [0, 0.1) is 0 Å². The van der Waals surface area contributed by atoms with Crippen LogP contribution in [0.4, 0.5) is 0 Å². The standard InChI is InChI=1S/C13H20Cl2N2O/c14-11-6-4-5-10(13(11)15)12(9-16)17-7-2-1-3-8-18/h4-6,12,17-18H,1-3,7-9,16H2. The highest BCUT2D eigenvalue weighted by atomic mass is 35.5. The molecule has 0 amide bonds. The number of halogens is 2. The molecule has 0 radical (unpaired) electrons. The molecule has 0 saturated carbocycles. The molecule has 5 heteroatoms. The van der Waals surface area contributed by atoms with Gasteiger partial charge in [-0.3, -0.25) is 0 Å². The second kappa shape index (κ2) is 8.73. The number of hydrogen-bond donors (Lipinski definition) is 3. The maximum atomic E-state index is 8.69. The second-order valence-corrected chi connectivity index (χ2v) is 4.95. The Morgan fingerprint density at radius 2 is 2.00 bits per heavy atom. The third-order valence-electron chi connectivity index (χ3n) is 2.82. The van der Waals surface area contributed by atoms with Crippen molar-refractivity contribution >= 4 is 23.2 Å². The summed E-state index contributed by atoms with van der Waals surface area (Å²) < 4.78 is 0. The van der Waals surface area contributed by atoms with Crippen LogP contribution in [-0.2, 0) is 0 Å². The summed E-state index contributed by atoms with van der Waals surface area (Å²) in [6.45, 7) is 1.57. The number of nitrogens with two attached hydrogens (primary N) is 1. The highest BCUT2D eigenvalue weighted by Crippen LogP contribution is 2.29.